The molecule has 1 fully saturated rings. The number of fused-ring (bicyclic) bond motifs is 1. The van der Waals surface area contributed by atoms with Crippen molar-refractivity contribution in [3.8, 4) is 0 Å². The molecule has 1 aliphatic rings. The van der Waals surface area contributed by atoms with Crippen LogP contribution in [-0.4, -0.2) is 10.4 Å². The molecule has 0 bridgehead atoms. The van der Waals surface area contributed by atoms with Gasteiger partial charge in [0.15, 0.2) is 0 Å². The Morgan fingerprint density at radius 3 is 2.85 bits per heavy atom. The SMILES string of the molecule is CCc1cccc2c(CC3CCCCC3=O)cn(C)c12. The van der Waals surface area contributed by atoms with Gasteiger partial charge in [0.25, 0.3) is 0 Å². The molecule has 0 N–H and O–H groups in total. The summed E-state index contributed by atoms with van der Waals surface area (Å²) in [4.78, 5) is 12.1. The van der Waals surface area contributed by atoms with Gasteiger partial charge in [0, 0.05) is 31.0 Å². The van der Waals surface area contributed by atoms with E-state index in [1.807, 2.05) is 0 Å². The number of nitrogens with zero attached hydrogens (tertiary/aromatic N) is 1. The molecule has 1 aromatic heterocycles. The highest BCUT2D eigenvalue weighted by Gasteiger charge is 2.23. The summed E-state index contributed by atoms with van der Waals surface area (Å²) in [5, 5.41) is 1.34. The van der Waals surface area contributed by atoms with Crippen molar-refractivity contribution in [2.75, 3.05) is 0 Å². The zero-order valence-corrected chi connectivity index (χ0v) is 12.5. The Morgan fingerprint density at radius 1 is 1.25 bits per heavy atom. The third-order valence-corrected chi connectivity index (χ3v) is 4.70. The van der Waals surface area contributed by atoms with Gasteiger partial charge in [-0.15, -0.1) is 0 Å². The second kappa shape index (κ2) is 5.43. The highest BCUT2D eigenvalue weighted by molar-refractivity contribution is 5.88. The Morgan fingerprint density at radius 2 is 2.10 bits per heavy atom. The summed E-state index contributed by atoms with van der Waals surface area (Å²) in [5.41, 5.74) is 4.08. The second-order valence-corrected chi connectivity index (χ2v) is 6.05. The second-order valence-electron chi connectivity index (χ2n) is 6.05. The predicted octanol–water partition coefficient (Wildman–Crippen LogP) is 4.04. The molecule has 1 aromatic carbocycles. The molecule has 2 nitrogen and oxygen atoms in total. The van der Waals surface area contributed by atoms with E-state index in [0.29, 0.717) is 5.78 Å². The van der Waals surface area contributed by atoms with Crippen LogP contribution in [0.2, 0.25) is 0 Å². The van der Waals surface area contributed by atoms with Crippen LogP contribution < -0.4 is 0 Å². The molecule has 0 aliphatic heterocycles. The van der Waals surface area contributed by atoms with Gasteiger partial charge in [-0.1, -0.05) is 31.5 Å². The first-order valence-electron chi connectivity index (χ1n) is 7.79. The summed E-state index contributed by atoms with van der Waals surface area (Å²) in [7, 11) is 2.12. The molecule has 0 radical (unpaired) electrons. The van der Waals surface area contributed by atoms with Crippen LogP contribution >= 0.6 is 0 Å². The molecule has 0 spiro atoms. The number of hydrogen-bond acceptors (Lipinski definition) is 1. The lowest BCUT2D eigenvalue weighted by atomic mass is 9.83. The van der Waals surface area contributed by atoms with Crippen molar-refractivity contribution in [1.29, 1.82) is 0 Å². The number of Topliss-reactive ketones (excluding diaryl/α,β-unsaturated/α-hetero) is 1. The molecule has 20 heavy (non-hydrogen) atoms. The Labute approximate surface area is 120 Å². The number of rotatable bonds is 3. The Kier molecular flexibility index (Phi) is 3.64. The largest absolute Gasteiger partial charge is 0.350 e. The third kappa shape index (κ3) is 2.28. The lowest BCUT2D eigenvalue weighted by Gasteiger charge is -2.19. The molecule has 0 saturated heterocycles. The molecule has 1 unspecified atom stereocenters. The summed E-state index contributed by atoms with van der Waals surface area (Å²) in [6.45, 7) is 2.20. The summed E-state index contributed by atoms with van der Waals surface area (Å²) < 4.78 is 2.23. The normalized spacial score (nSPS) is 19.7. The molecule has 1 saturated carbocycles. The van der Waals surface area contributed by atoms with Crippen LogP contribution in [-0.2, 0) is 24.7 Å². The average molecular weight is 269 g/mol. The minimum atomic E-state index is 0.250. The van der Waals surface area contributed by atoms with Gasteiger partial charge < -0.3 is 4.57 Å². The van der Waals surface area contributed by atoms with E-state index in [2.05, 4.69) is 42.9 Å². The lowest BCUT2D eigenvalue weighted by Crippen LogP contribution is -2.20. The summed E-state index contributed by atoms with van der Waals surface area (Å²) in [5.74, 6) is 0.722. The van der Waals surface area contributed by atoms with Gasteiger partial charge in [0.2, 0.25) is 0 Å². The predicted molar refractivity (Wildman–Crippen MR) is 83.0 cm³/mol. The topological polar surface area (TPSA) is 22.0 Å². The van der Waals surface area contributed by atoms with Gasteiger partial charge in [-0.3, -0.25) is 4.79 Å². The maximum Gasteiger partial charge on any atom is 0.136 e. The Hall–Kier alpha value is -1.57. The maximum atomic E-state index is 12.1. The van der Waals surface area contributed by atoms with E-state index in [1.54, 1.807) is 0 Å². The van der Waals surface area contributed by atoms with Crippen LogP contribution in [0.15, 0.2) is 24.4 Å². The number of aromatic nitrogens is 1. The zero-order valence-electron chi connectivity index (χ0n) is 12.5. The first kappa shape index (κ1) is 13.4. The fourth-order valence-electron chi connectivity index (χ4n) is 3.62. The number of aryl methyl sites for hydroxylation is 2. The molecule has 0 amide bonds. The smallest absolute Gasteiger partial charge is 0.136 e. The zero-order chi connectivity index (χ0) is 14.1. The van der Waals surface area contributed by atoms with E-state index in [9.17, 15) is 4.79 Å². The van der Waals surface area contributed by atoms with Crippen LogP contribution in [0.5, 0.6) is 0 Å². The molecular formula is C18H23NO. The number of ketones is 1. The minimum Gasteiger partial charge on any atom is -0.350 e. The Balaban J connectivity index is 1.98. The van der Waals surface area contributed by atoms with Crippen LogP contribution in [0, 0.1) is 5.92 Å². The van der Waals surface area contributed by atoms with Gasteiger partial charge in [0.1, 0.15) is 5.78 Å². The number of carbonyl (C=O) groups is 1. The van der Waals surface area contributed by atoms with Crippen molar-refractivity contribution in [2.45, 2.75) is 45.4 Å². The Bertz CT molecular complexity index is 638. The van der Waals surface area contributed by atoms with Crippen molar-refractivity contribution in [2.24, 2.45) is 13.0 Å². The number of hydrogen-bond donors (Lipinski definition) is 0. The molecule has 106 valence electrons. The molecular weight excluding hydrogens is 246 g/mol. The summed E-state index contributed by atoms with van der Waals surface area (Å²) in [6, 6.07) is 6.56. The van der Waals surface area contributed by atoms with E-state index >= 15 is 0 Å². The fourth-order valence-corrected chi connectivity index (χ4v) is 3.62. The number of benzene rings is 1. The van der Waals surface area contributed by atoms with Crippen LogP contribution in [0.1, 0.15) is 43.7 Å². The van der Waals surface area contributed by atoms with Crippen molar-refractivity contribution in [1.82, 2.24) is 4.57 Å². The van der Waals surface area contributed by atoms with Gasteiger partial charge in [-0.05, 0) is 36.8 Å². The van der Waals surface area contributed by atoms with Gasteiger partial charge >= 0.3 is 0 Å². The average Bonchev–Trinajstić information content (AvgIpc) is 2.78. The summed E-state index contributed by atoms with van der Waals surface area (Å²) >= 11 is 0. The van der Waals surface area contributed by atoms with E-state index in [0.717, 1.165) is 32.1 Å². The fraction of sp³-hybridized carbons (Fsp3) is 0.500. The molecule has 3 rings (SSSR count). The van der Waals surface area contributed by atoms with Crippen molar-refractivity contribution < 1.29 is 4.79 Å². The van der Waals surface area contributed by atoms with Crippen molar-refractivity contribution in [3.63, 3.8) is 0 Å². The highest BCUT2D eigenvalue weighted by atomic mass is 16.1. The van der Waals surface area contributed by atoms with Crippen LogP contribution in [0.25, 0.3) is 10.9 Å². The van der Waals surface area contributed by atoms with Crippen LogP contribution in [0.3, 0.4) is 0 Å². The van der Waals surface area contributed by atoms with Crippen molar-refractivity contribution in [3.05, 3.63) is 35.5 Å². The molecule has 1 atom stereocenters. The molecule has 1 heterocycles. The van der Waals surface area contributed by atoms with Gasteiger partial charge in [0.05, 0.1) is 5.52 Å². The third-order valence-electron chi connectivity index (χ3n) is 4.70. The molecule has 1 aliphatic carbocycles. The first-order valence-corrected chi connectivity index (χ1v) is 7.79. The van der Waals surface area contributed by atoms with E-state index in [1.165, 1.54) is 28.5 Å². The maximum absolute atomic E-state index is 12.1. The van der Waals surface area contributed by atoms with Gasteiger partial charge in [-0.25, -0.2) is 0 Å². The van der Waals surface area contributed by atoms with E-state index < -0.39 is 0 Å². The first-order chi connectivity index (χ1) is 9.70. The summed E-state index contributed by atoms with van der Waals surface area (Å²) in [6.07, 6.45) is 8.36. The molecule has 2 heteroatoms. The lowest BCUT2D eigenvalue weighted by molar-refractivity contribution is -0.124. The highest BCUT2D eigenvalue weighted by Crippen LogP contribution is 2.30. The number of carbonyl (C=O) groups excluding carboxylic acids is 1. The van der Waals surface area contributed by atoms with Crippen molar-refractivity contribution >= 4 is 16.7 Å². The quantitative estimate of drug-likeness (QED) is 0.824. The minimum absolute atomic E-state index is 0.250. The number of para-hydroxylation sites is 1. The van der Waals surface area contributed by atoms with Crippen LogP contribution in [0.4, 0.5) is 0 Å². The standard InChI is InChI=1S/C18H23NO/c1-3-13-8-6-9-16-15(12-19(2)18(13)16)11-14-7-4-5-10-17(14)20/h6,8-9,12,14H,3-5,7,10-11H2,1-2H3. The van der Waals surface area contributed by atoms with E-state index in [4.69, 9.17) is 0 Å². The van der Waals surface area contributed by atoms with Gasteiger partial charge in [-0.2, -0.15) is 0 Å². The monoisotopic (exact) mass is 269 g/mol. The molecule has 2 aromatic rings. The van der Waals surface area contributed by atoms with E-state index in [-0.39, 0.29) is 5.92 Å².